The van der Waals surface area contributed by atoms with E-state index in [0.717, 1.165) is 34.1 Å². The Labute approximate surface area is 492 Å². The maximum atomic E-state index is 2.56. The Bertz CT molecular complexity index is 3980. The molecule has 4 heterocycles. The monoisotopic (exact) mass is 1070 g/mol. The molecule has 0 aliphatic carbocycles. The minimum Gasteiger partial charge on any atom is -0.311 e. The first-order valence-electron chi connectivity index (χ1n) is 29.7. The van der Waals surface area contributed by atoms with E-state index in [2.05, 4.69) is 303 Å². The first-order valence-corrected chi connectivity index (χ1v) is 29.7. The first kappa shape index (κ1) is 52.9. The molecule has 0 aromatic heterocycles. The lowest BCUT2D eigenvalue weighted by atomic mass is 9.33. The summed E-state index contributed by atoms with van der Waals surface area (Å²) in [6.07, 6.45) is 0. The molecule has 0 fully saturated rings. The molecule has 11 aromatic carbocycles. The Morgan fingerprint density at radius 3 is 0.928 bits per heavy atom. The highest BCUT2D eigenvalue weighted by atomic mass is 15.2. The van der Waals surface area contributed by atoms with Gasteiger partial charge in [-0.3, -0.25) is 0 Å². The molecule has 0 atom stereocenters. The Kier molecular flexibility index (Phi) is 13.7. The molecule has 4 aliphatic heterocycles. The van der Waals surface area contributed by atoms with Crippen LogP contribution >= 0.6 is 0 Å². The predicted molar refractivity (Wildman–Crippen MR) is 360 cm³/mol. The molecule has 0 saturated heterocycles. The highest BCUT2D eigenvalue weighted by Gasteiger charge is 2.46. The van der Waals surface area contributed by atoms with Gasteiger partial charge in [0.15, 0.2) is 0 Å². The van der Waals surface area contributed by atoms with Gasteiger partial charge in [-0.1, -0.05) is 165 Å². The molecular weight excluding hydrogens is 1000 g/mol. The van der Waals surface area contributed by atoms with Gasteiger partial charge in [0.25, 0.3) is 13.4 Å². The molecule has 11 aromatic rings. The number of aryl methyl sites for hydroxylation is 6. The van der Waals surface area contributed by atoms with Crippen molar-refractivity contribution in [3.05, 3.63) is 270 Å². The van der Waals surface area contributed by atoms with Gasteiger partial charge < -0.3 is 24.5 Å². The lowest BCUT2D eigenvalue weighted by Crippen LogP contribution is -2.61. The van der Waals surface area contributed by atoms with Gasteiger partial charge in [-0.05, 0) is 207 Å². The van der Waals surface area contributed by atoms with Crippen molar-refractivity contribution in [3.8, 4) is 0 Å². The van der Waals surface area contributed by atoms with Crippen molar-refractivity contribution in [1.29, 1.82) is 0 Å². The quantitative estimate of drug-likeness (QED) is 0.147. The maximum Gasteiger partial charge on any atom is 0.252 e. The molecule has 0 saturated carbocycles. The Morgan fingerprint density at radius 1 is 0.265 bits per heavy atom. The molecule has 0 unspecified atom stereocenters. The van der Waals surface area contributed by atoms with E-state index >= 15 is 0 Å². The zero-order chi connectivity index (χ0) is 57.2. The normalized spacial score (nSPS) is 12.8. The number of hydrogen-bond donors (Lipinski definition) is 0. The molecule has 404 valence electrons. The summed E-state index contributed by atoms with van der Waals surface area (Å²) in [6.45, 7) is 21.2. The molecule has 15 rings (SSSR count). The molecule has 83 heavy (non-hydrogen) atoms. The maximum absolute atomic E-state index is 2.56. The summed E-state index contributed by atoms with van der Waals surface area (Å²) in [7, 11) is 0. The number of para-hydroxylation sites is 3. The van der Waals surface area contributed by atoms with Crippen molar-refractivity contribution in [2.45, 2.75) is 69.2 Å². The van der Waals surface area contributed by atoms with Gasteiger partial charge in [0, 0.05) is 79.6 Å². The fourth-order valence-corrected chi connectivity index (χ4v) is 13.6. The van der Waals surface area contributed by atoms with Crippen molar-refractivity contribution in [2.75, 3.05) is 24.5 Å². The summed E-state index contributed by atoms with van der Waals surface area (Å²) < 4.78 is 0. The number of nitrogens with zero attached hydrogens (tertiary/aromatic N) is 5. The highest BCUT2D eigenvalue weighted by molar-refractivity contribution is 7.01. The number of anilines is 15. The molecule has 0 bridgehead atoms. The Morgan fingerprint density at radius 2 is 0.566 bits per heavy atom. The van der Waals surface area contributed by atoms with Crippen molar-refractivity contribution in [3.63, 3.8) is 0 Å². The van der Waals surface area contributed by atoms with Crippen LogP contribution in [0.3, 0.4) is 0 Å². The van der Waals surface area contributed by atoms with Gasteiger partial charge in [0.05, 0.1) is 5.69 Å². The van der Waals surface area contributed by atoms with Crippen LogP contribution < -0.4 is 57.3 Å². The average Bonchev–Trinajstić information content (AvgIpc) is 1.30. The van der Waals surface area contributed by atoms with E-state index in [9.17, 15) is 0 Å². The summed E-state index contributed by atoms with van der Waals surface area (Å²) in [6, 6.07) is 89.1. The van der Waals surface area contributed by atoms with Gasteiger partial charge in [0.1, 0.15) is 0 Å². The predicted octanol–water partition coefficient (Wildman–Crippen LogP) is 17.2. The summed E-state index contributed by atoms with van der Waals surface area (Å²) in [5.74, 6) is 0. The lowest BCUT2D eigenvalue weighted by Gasteiger charge is -2.45. The van der Waals surface area contributed by atoms with Crippen molar-refractivity contribution >= 4 is 132 Å². The van der Waals surface area contributed by atoms with Gasteiger partial charge in [-0.2, -0.15) is 0 Å². The van der Waals surface area contributed by atoms with Gasteiger partial charge >= 0.3 is 0 Å². The fourth-order valence-electron chi connectivity index (χ4n) is 13.6. The second kappa shape index (κ2) is 21.5. The molecule has 5 nitrogen and oxygen atoms in total. The standard InChI is InChI=1S/C72H57B2N5.2C2H6/c1-46-26-32-54(33-27-46)78-62-38-30-48(3)42-58(62)73-60-44-56(36-40-64(60)76(52-18-9-7-10-19-52)66-22-14-24-68(78)70(66)73)75(72-50(5)16-13-17-51(72)6)57-37-41-65-61(45-57)74-59-43-49(4)31-39-63(59)79(55-34-28-47(2)29-35-55)69-25-15-23-67(71(69)74)77(65)53-20-11-8-12-21-53;2*1-2/h7-45H,1-6H3;2*1-2H3. The third-order valence-corrected chi connectivity index (χ3v) is 17.0. The molecular formula is C76H69B2N5. The van der Waals surface area contributed by atoms with E-state index in [4.69, 9.17) is 0 Å². The van der Waals surface area contributed by atoms with Crippen LogP contribution in [-0.2, 0) is 0 Å². The Balaban J connectivity index is 0.00000158. The van der Waals surface area contributed by atoms with E-state index < -0.39 is 0 Å². The molecule has 4 aliphatic rings. The van der Waals surface area contributed by atoms with Crippen LogP contribution in [0.4, 0.5) is 85.3 Å². The van der Waals surface area contributed by atoms with Crippen LogP contribution in [0.2, 0.25) is 0 Å². The minimum absolute atomic E-state index is 0.0473. The smallest absolute Gasteiger partial charge is 0.252 e. The van der Waals surface area contributed by atoms with Crippen LogP contribution in [-0.4, -0.2) is 13.4 Å². The largest absolute Gasteiger partial charge is 0.311 e. The molecule has 0 amide bonds. The summed E-state index contributed by atoms with van der Waals surface area (Å²) in [5.41, 5.74) is 32.8. The van der Waals surface area contributed by atoms with E-state index in [1.165, 1.54) is 117 Å². The van der Waals surface area contributed by atoms with Crippen LogP contribution in [0.15, 0.2) is 237 Å². The topological polar surface area (TPSA) is 16.2 Å². The highest BCUT2D eigenvalue weighted by Crippen LogP contribution is 2.49. The van der Waals surface area contributed by atoms with Crippen LogP contribution in [0.5, 0.6) is 0 Å². The number of benzene rings is 11. The van der Waals surface area contributed by atoms with Crippen LogP contribution in [0, 0.1) is 41.5 Å². The number of fused-ring (bicyclic) bond motifs is 8. The molecule has 0 N–H and O–H groups in total. The summed E-state index contributed by atoms with van der Waals surface area (Å²) in [5, 5.41) is 0. The zero-order valence-corrected chi connectivity index (χ0v) is 49.4. The van der Waals surface area contributed by atoms with Crippen molar-refractivity contribution in [1.82, 2.24) is 0 Å². The van der Waals surface area contributed by atoms with Gasteiger partial charge in [-0.25, -0.2) is 0 Å². The summed E-state index contributed by atoms with van der Waals surface area (Å²) in [4.78, 5) is 12.5. The van der Waals surface area contributed by atoms with E-state index in [1.807, 2.05) is 27.7 Å². The van der Waals surface area contributed by atoms with Gasteiger partial charge in [-0.15, -0.1) is 0 Å². The minimum atomic E-state index is -0.0473. The second-order valence-electron chi connectivity index (χ2n) is 22.2. The third kappa shape index (κ3) is 8.63. The number of hydrogen-bond acceptors (Lipinski definition) is 5. The molecule has 0 spiro atoms. The molecule has 7 heteroatoms. The summed E-state index contributed by atoms with van der Waals surface area (Å²) >= 11 is 0. The van der Waals surface area contributed by atoms with E-state index in [-0.39, 0.29) is 13.4 Å². The third-order valence-electron chi connectivity index (χ3n) is 17.0. The van der Waals surface area contributed by atoms with Crippen LogP contribution in [0.1, 0.15) is 61.1 Å². The zero-order valence-electron chi connectivity index (χ0n) is 49.4. The Hall–Kier alpha value is -9.45. The van der Waals surface area contributed by atoms with E-state index in [1.54, 1.807) is 0 Å². The first-order chi connectivity index (χ1) is 40.7. The SMILES string of the molecule is CC.CC.Cc1ccc(N2c3ccc(C)cc3B3c4cc(N(c5ccc6c(c5)B5c7cc(C)ccc7N(c7ccc(C)cc7)c7cccc(c75)N6c5ccccc5)c5c(C)cccc5C)ccc4N(c4ccccc4)c4cccc2c43)cc1. The fraction of sp³-hybridized carbons (Fsp3) is 0.132. The van der Waals surface area contributed by atoms with Crippen molar-refractivity contribution in [2.24, 2.45) is 0 Å². The lowest BCUT2D eigenvalue weighted by molar-refractivity contribution is 1.21. The molecule has 0 radical (unpaired) electrons. The van der Waals surface area contributed by atoms with Crippen molar-refractivity contribution < 1.29 is 0 Å². The second-order valence-corrected chi connectivity index (χ2v) is 22.2. The van der Waals surface area contributed by atoms with Gasteiger partial charge in [0.2, 0.25) is 0 Å². The average molecular weight is 1070 g/mol. The van der Waals surface area contributed by atoms with E-state index in [0.29, 0.717) is 0 Å². The number of rotatable bonds is 7. The van der Waals surface area contributed by atoms with Crippen LogP contribution in [0.25, 0.3) is 0 Å².